The van der Waals surface area contributed by atoms with Gasteiger partial charge in [0.2, 0.25) is 5.91 Å². The Bertz CT molecular complexity index is 607. The third-order valence-electron chi connectivity index (χ3n) is 3.70. The lowest BCUT2D eigenvalue weighted by atomic mass is 10.0. The maximum atomic E-state index is 12.3. The molecule has 0 radical (unpaired) electrons. The number of carbonyl (C=O) groups is 2. The van der Waals surface area contributed by atoms with Gasteiger partial charge < -0.3 is 14.4 Å². The highest BCUT2D eigenvalue weighted by atomic mass is 16.5. The molecule has 5 nitrogen and oxygen atoms in total. The van der Waals surface area contributed by atoms with Gasteiger partial charge in [0.05, 0.1) is 26.7 Å². The van der Waals surface area contributed by atoms with Crippen LogP contribution in [0.1, 0.15) is 25.0 Å². The van der Waals surface area contributed by atoms with E-state index >= 15 is 0 Å². The summed E-state index contributed by atoms with van der Waals surface area (Å²) < 4.78 is 10.5. The minimum absolute atomic E-state index is 0.0471. The van der Waals surface area contributed by atoms with Crippen molar-refractivity contribution in [3.8, 4) is 11.5 Å². The van der Waals surface area contributed by atoms with Crippen molar-refractivity contribution in [1.82, 2.24) is 4.90 Å². The van der Waals surface area contributed by atoms with Crippen LogP contribution in [0, 0.1) is 0 Å². The molecule has 1 aliphatic heterocycles. The predicted molar refractivity (Wildman–Crippen MR) is 79.3 cm³/mol. The van der Waals surface area contributed by atoms with Crippen molar-refractivity contribution in [2.24, 2.45) is 0 Å². The fraction of sp³-hybridized carbons (Fsp3) is 0.375. The summed E-state index contributed by atoms with van der Waals surface area (Å²) in [7, 11) is 3.13. The minimum Gasteiger partial charge on any atom is -0.493 e. The Labute approximate surface area is 124 Å². The topological polar surface area (TPSA) is 55.8 Å². The molecular weight excluding hydrogens is 270 g/mol. The van der Waals surface area contributed by atoms with Crippen molar-refractivity contribution in [2.75, 3.05) is 14.2 Å². The van der Waals surface area contributed by atoms with Crippen molar-refractivity contribution in [3.63, 3.8) is 0 Å². The van der Waals surface area contributed by atoms with Crippen molar-refractivity contribution in [3.05, 3.63) is 29.5 Å². The van der Waals surface area contributed by atoms with Gasteiger partial charge in [-0.1, -0.05) is 0 Å². The van der Waals surface area contributed by atoms with Crippen LogP contribution >= 0.6 is 0 Å². The molecule has 1 aromatic rings. The summed E-state index contributed by atoms with van der Waals surface area (Å²) in [6.45, 7) is 3.21. The smallest absolute Gasteiger partial charge is 0.231 e. The summed E-state index contributed by atoms with van der Waals surface area (Å²) in [6.07, 6.45) is 3.70. The van der Waals surface area contributed by atoms with Crippen molar-refractivity contribution >= 4 is 17.8 Å². The molecule has 1 amide bonds. The van der Waals surface area contributed by atoms with Gasteiger partial charge in [0.15, 0.2) is 17.3 Å². The molecule has 0 aromatic heterocycles. The number of methoxy groups -OCH3 is 2. The van der Waals surface area contributed by atoms with Crippen LogP contribution in [-0.4, -0.2) is 36.9 Å². The predicted octanol–water partition coefficient (Wildman–Crippen LogP) is 2.04. The van der Waals surface area contributed by atoms with Crippen LogP contribution in [0.25, 0.3) is 6.08 Å². The Hall–Kier alpha value is -2.30. The number of ether oxygens (including phenoxy) is 2. The third-order valence-corrected chi connectivity index (χ3v) is 3.70. The van der Waals surface area contributed by atoms with E-state index in [4.69, 9.17) is 9.47 Å². The zero-order valence-electron chi connectivity index (χ0n) is 12.7. The molecule has 112 valence electrons. The summed E-state index contributed by atoms with van der Waals surface area (Å²) in [6, 6.07) is 3.17. The van der Waals surface area contributed by atoms with Gasteiger partial charge in [-0.15, -0.1) is 0 Å². The number of hydrogen-bond acceptors (Lipinski definition) is 4. The van der Waals surface area contributed by atoms with E-state index in [2.05, 4.69) is 0 Å². The second-order valence-electron chi connectivity index (χ2n) is 4.99. The first-order chi connectivity index (χ1) is 9.97. The summed E-state index contributed by atoms with van der Waals surface area (Å²) in [5.74, 6) is 1.04. The molecule has 21 heavy (non-hydrogen) atoms. The summed E-state index contributed by atoms with van der Waals surface area (Å²) >= 11 is 0. The zero-order chi connectivity index (χ0) is 15.6. The van der Waals surface area contributed by atoms with Crippen molar-refractivity contribution < 1.29 is 19.1 Å². The number of benzene rings is 1. The first-order valence-corrected chi connectivity index (χ1v) is 6.72. The van der Waals surface area contributed by atoms with E-state index in [9.17, 15) is 9.59 Å². The summed E-state index contributed by atoms with van der Waals surface area (Å²) in [4.78, 5) is 25.3. The van der Waals surface area contributed by atoms with Crippen LogP contribution in [0.15, 0.2) is 18.3 Å². The first-order valence-electron chi connectivity index (χ1n) is 6.72. The van der Waals surface area contributed by atoms with Crippen LogP contribution in [-0.2, 0) is 16.0 Å². The summed E-state index contributed by atoms with van der Waals surface area (Å²) in [5, 5.41) is 0. The standard InChI is InChI=1S/C16H19NO4/c1-10(11(2)18)17-6-5-12-7-14(20-3)15(21-4)8-13(12)9-16(17)19/h5-8,10H,9H2,1-4H3/t10-/m1/s1. The number of fused-ring (bicyclic) bond motifs is 1. The molecule has 0 spiro atoms. The fourth-order valence-corrected chi connectivity index (χ4v) is 2.28. The number of carbonyl (C=O) groups excluding carboxylic acids is 2. The second-order valence-corrected chi connectivity index (χ2v) is 4.99. The quantitative estimate of drug-likeness (QED) is 0.851. The van der Waals surface area contributed by atoms with Gasteiger partial charge in [0.1, 0.15) is 0 Å². The molecule has 0 saturated heterocycles. The van der Waals surface area contributed by atoms with E-state index < -0.39 is 6.04 Å². The molecule has 1 heterocycles. The molecule has 2 rings (SSSR count). The molecule has 0 fully saturated rings. The third kappa shape index (κ3) is 2.91. The van der Waals surface area contributed by atoms with E-state index in [1.54, 1.807) is 33.4 Å². The van der Waals surface area contributed by atoms with Gasteiger partial charge in [-0.05, 0) is 43.2 Å². The van der Waals surface area contributed by atoms with Gasteiger partial charge in [-0.25, -0.2) is 0 Å². The summed E-state index contributed by atoms with van der Waals surface area (Å²) in [5.41, 5.74) is 1.74. The maximum Gasteiger partial charge on any atom is 0.231 e. The average molecular weight is 289 g/mol. The Morgan fingerprint density at radius 1 is 1.24 bits per heavy atom. The van der Waals surface area contributed by atoms with Crippen LogP contribution in [0.2, 0.25) is 0 Å². The van der Waals surface area contributed by atoms with Crippen LogP contribution in [0.5, 0.6) is 11.5 Å². The Morgan fingerprint density at radius 3 is 2.43 bits per heavy atom. The highest BCUT2D eigenvalue weighted by molar-refractivity contribution is 5.90. The number of ketones is 1. The SMILES string of the molecule is COc1cc2c(cc1OC)CC(=O)N([C@H](C)C(C)=O)C=C2. The van der Waals surface area contributed by atoms with Crippen LogP contribution < -0.4 is 9.47 Å². The average Bonchev–Trinajstić information content (AvgIpc) is 2.62. The zero-order valence-corrected chi connectivity index (χ0v) is 12.7. The van der Waals surface area contributed by atoms with Gasteiger partial charge in [-0.3, -0.25) is 9.59 Å². The lowest BCUT2D eigenvalue weighted by Gasteiger charge is -2.22. The van der Waals surface area contributed by atoms with Gasteiger partial charge >= 0.3 is 0 Å². The van der Waals surface area contributed by atoms with E-state index in [1.165, 1.54) is 11.8 Å². The molecule has 0 bridgehead atoms. The normalized spacial score (nSPS) is 15.2. The Morgan fingerprint density at radius 2 is 1.86 bits per heavy atom. The monoisotopic (exact) mass is 289 g/mol. The van der Waals surface area contributed by atoms with E-state index in [1.807, 2.05) is 12.1 Å². The Kier molecular flexibility index (Phi) is 4.31. The number of Topliss-reactive ketones (excluding diaryl/α,β-unsaturated/α-hetero) is 1. The maximum absolute atomic E-state index is 12.3. The van der Waals surface area contributed by atoms with Crippen molar-refractivity contribution in [2.45, 2.75) is 26.3 Å². The number of hydrogen-bond donors (Lipinski definition) is 0. The highest BCUT2D eigenvalue weighted by Crippen LogP contribution is 2.32. The highest BCUT2D eigenvalue weighted by Gasteiger charge is 2.25. The number of rotatable bonds is 4. The van der Waals surface area contributed by atoms with Crippen LogP contribution in [0.3, 0.4) is 0 Å². The Balaban J connectivity index is 2.42. The molecule has 1 aromatic carbocycles. The first kappa shape index (κ1) is 15.1. The minimum atomic E-state index is -0.466. The molecule has 5 heteroatoms. The molecule has 1 aliphatic rings. The van der Waals surface area contributed by atoms with Gasteiger partial charge in [-0.2, -0.15) is 0 Å². The molecule has 0 saturated carbocycles. The molecular formula is C16H19NO4. The van der Waals surface area contributed by atoms with Crippen LogP contribution in [0.4, 0.5) is 0 Å². The molecule has 0 N–H and O–H groups in total. The largest absolute Gasteiger partial charge is 0.493 e. The van der Waals surface area contributed by atoms with Crippen molar-refractivity contribution in [1.29, 1.82) is 0 Å². The molecule has 1 atom stereocenters. The fourth-order valence-electron chi connectivity index (χ4n) is 2.28. The van der Waals surface area contributed by atoms with E-state index in [0.29, 0.717) is 11.5 Å². The number of nitrogens with zero attached hydrogens (tertiary/aromatic N) is 1. The van der Waals surface area contributed by atoms with Gasteiger partial charge in [0, 0.05) is 6.20 Å². The lowest BCUT2D eigenvalue weighted by Crippen LogP contribution is -2.38. The molecule has 0 aliphatic carbocycles. The van der Waals surface area contributed by atoms with Gasteiger partial charge in [0.25, 0.3) is 0 Å². The molecule has 0 unspecified atom stereocenters. The lowest BCUT2D eigenvalue weighted by molar-refractivity contribution is -0.134. The number of amides is 1. The second kappa shape index (κ2) is 5.99. The van der Waals surface area contributed by atoms with E-state index in [0.717, 1.165) is 11.1 Å². The van der Waals surface area contributed by atoms with E-state index in [-0.39, 0.29) is 18.1 Å².